The lowest BCUT2D eigenvalue weighted by atomic mass is 9.97. The first kappa shape index (κ1) is 17.6. The summed E-state index contributed by atoms with van der Waals surface area (Å²) in [5, 5.41) is 20.2. The molecule has 0 aliphatic carbocycles. The molecule has 0 aliphatic rings. The number of ketones is 1. The number of aromatic hydroxyl groups is 2. The second kappa shape index (κ2) is 7.10. The van der Waals surface area contributed by atoms with E-state index in [1.165, 1.54) is 23.5 Å². The van der Waals surface area contributed by atoms with Crippen molar-refractivity contribution >= 4 is 39.0 Å². The third kappa shape index (κ3) is 3.31. The maximum absolute atomic E-state index is 13.3. The molecule has 0 bridgehead atoms. The minimum Gasteiger partial charge on any atom is -0.508 e. The minimum absolute atomic E-state index is 0.101. The number of carbonyl (C=O) groups excluding carboxylic acids is 1. The van der Waals surface area contributed by atoms with Crippen LogP contribution < -0.4 is 0 Å². The van der Waals surface area contributed by atoms with E-state index in [2.05, 4.69) is 0 Å². The smallest absolute Gasteiger partial charge is 0.195 e. The van der Waals surface area contributed by atoms with E-state index >= 15 is 0 Å². The van der Waals surface area contributed by atoms with Crippen molar-refractivity contribution in [3.63, 3.8) is 0 Å². The highest BCUT2D eigenvalue weighted by molar-refractivity contribution is 7.98. The molecule has 0 spiro atoms. The van der Waals surface area contributed by atoms with E-state index in [4.69, 9.17) is 0 Å². The van der Waals surface area contributed by atoms with Gasteiger partial charge in [0, 0.05) is 31.0 Å². The molecule has 27 heavy (non-hydrogen) atoms. The van der Waals surface area contributed by atoms with Gasteiger partial charge in [-0.1, -0.05) is 12.1 Å². The molecule has 1 heterocycles. The number of hydrogen-bond donors (Lipinski definition) is 2. The molecule has 0 saturated carbocycles. The normalized spacial score (nSPS) is 11.0. The molecular weight excluding hydrogens is 376 g/mol. The molecule has 4 aromatic rings. The van der Waals surface area contributed by atoms with Gasteiger partial charge in [0.15, 0.2) is 5.78 Å². The maximum atomic E-state index is 13.3. The van der Waals surface area contributed by atoms with Crippen molar-refractivity contribution in [1.82, 2.24) is 0 Å². The Morgan fingerprint density at radius 3 is 2.22 bits per heavy atom. The third-order valence-corrected chi connectivity index (χ3v) is 6.33. The van der Waals surface area contributed by atoms with E-state index < -0.39 is 0 Å². The average molecular weight is 393 g/mol. The molecule has 0 amide bonds. The van der Waals surface area contributed by atoms with Crippen LogP contribution >= 0.6 is 23.1 Å². The molecule has 5 heteroatoms. The van der Waals surface area contributed by atoms with Gasteiger partial charge in [-0.2, -0.15) is 0 Å². The number of rotatable bonds is 4. The Hall–Kier alpha value is -2.76. The van der Waals surface area contributed by atoms with Crippen LogP contribution in [-0.2, 0) is 0 Å². The summed E-state index contributed by atoms with van der Waals surface area (Å²) >= 11 is 3.16. The summed E-state index contributed by atoms with van der Waals surface area (Å²) in [6, 6.07) is 19.5. The monoisotopic (exact) mass is 392 g/mol. The quantitative estimate of drug-likeness (QED) is 0.334. The standard InChI is InChI=1S/C22H16O3S2/c1-26-17-9-4-14(5-10-17)22-20(18-11-8-16(24)12-19(18)27-22)21(25)13-2-6-15(23)7-3-13/h2-12,23-24H,1H3. The molecule has 0 unspecified atom stereocenters. The highest BCUT2D eigenvalue weighted by Gasteiger charge is 2.21. The Bertz CT molecular complexity index is 1130. The van der Waals surface area contributed by atoms with Crippen LogP contribution in [0.5, 0.6) is 11.5 Å². The van der Waals surface area contributed by atoms with Crippen LogP contribution in [0.1, 0.15) is 15.9 Å². The van der Waals surface area contributed by atoms with Gasteiger partial charge in [-0.25, -0.2) is 0 Å². The van der Waals surface area contributed by atoms with Crippen LogP contribution in [0.25, 0.3) is 20.5 Å². The molecule has 2 N–H and O–H groups in total. The van der Waals surface area contributed by atoms with Gasteiger partial charge in [-0.3, -0.25) is 4.79 Å². The molecule has 3 nitrogen and oxygen atoms in total. The lowest BCUT2D eigenvalue weighted by Crippen LogP contribution is -2.01. The van der Waals surface area contributed by atoms with Crippen molar-refractivity contribution in [3.8, 4) is 21.9 Å². The third-order valence-electron chi connectivity index (χ3n) is 4.38. The zero-order valence-corrected chi connectivity index (χ0v) is 16.1. The Morgan fingerprint density at radius 2 is 1.56 bits per heavy atom. The number of phenolic OH excluding ortho intramolecular Hbond substituents is 2. The van der Waals surface area contributed by atoms with Crippen LogP contribution in [0.3, 0.4) is 0 Å². The van der Waals surface area contributed by atoms with Gasteiger partial charge in [0.1, 0.15) is 11.5 Å². The van der Waals surface area contributed by atoms with Crippen LogP contribution in [0.2, 0.25) is 0 Å². The Labute approximate surface area is 164 Å². The number of phenols is 2. The van der Waals surface area contributed by atoms with Crippen molar-refractivity contribution in [2.75, 3.05) is 6.26 Å². The molecular formula is C22H16O3S2. The fraction of sp³-hybridized carbons (Fsp3) is 0.0455. The summed E-state index contributed by atoms with van der Waals surface area (Å²) in [6.07, 6.45) is 2.02. The number of carbonyl (C=O) groups is 1. The zero-order valence-electron chi connectivity index (χ0n) is 14.5. The van der Waals surface area contributed by atoms with E-state index in [1.54, 1.807) is 42.1 Å². The minimum atomic E-state index is -0.101. The van der Waals surface area contributed by atoms with E-state index in [1.807, 2.05) is 30.5 Å². The van der Waals surface area contributed by atoms with Gasteiger partial charge in [-0.15, -0.1) is 23.1 Å². The van der Waals surface area contributed by atoms with Crippen LogP contribution in [0.4, 0.5) is 0 Å². The topological polar surface area (TPSA) is 57.5 Å². The van der Waals surface area contributed by atoms with E-state index in [0.29, 0.717) is 11.1 Å². The molecule has 3 aromatic carbocycles. The number of benzene rings is 3. The average Bonchev–Trinajstić information content (AvgIpc) is 3.06. The number of fused-ring (bicyclic) bond motifs is 1. The second-order valence-corrected chi connectivity index (χ2v) is 8.02. The predicted molar refractivity (Wildman–Crippen MR) is 112 cm³/mol. The first-order valence-electron chi connectivity index (χ1n) is 8.30. The second-order valence-electron chi connectivity index (χ2n) is 6.09. The molecule has 0 aliphatic heterocycles. The lowest BCUT2D eigenvalue weighted by Gasteiger charge is -2.06. The van der Waals surface area contributed by atoms with Crippen LogP contribution in [0.15, 0.2) is 71.6 Å². The van der Waals surface area contributed by atoms with Crippen LogP contribution in [0, 0.1) is 0 Å². The maximum Gasteiger partial charge on any atom is 0.195 e. The van der Waals surface area contributed by atoms with Crippen LogP contribution in [-0.4, -0.2) is 22.3 Å². The highest BCUT2D eigenvalue weighted by Crippen LogP contribution is 2.41. The number of thioether (sulfide) groups is 1. The summed E-state index contributed by atoms with van der Waals surface area (Å²) in [5.41, 5.74) is 2.11. The van der Waals surface area contributed by atoms with Crippen molar-refractivity contribution in [2.45, 2.75) is 4.90 Å². The fourth-order valence-corrected chi connectivity index (χ4v) is 4.66. The summed E-state index contributed by atoms with van der Waals surface area (Å²) in [6.45, 7) is 0. The summed E-state index contributed by atoms with van der Waals surface area (Å²) in [5.74, 6) is 0.201. The Morgan fingerprint density at radius 1 is 0.889 bits per heavy atom. The molecule has 134 valence electrons. The number of hydrogen-bond acceptors (Lipinski definition) is 5. The van der Waals surface area contributed by atoms with Gasteiger partial charge in [-0.05, 0) is 66.4 Å². The van der Waals surface area contributed by atoms with Gasteiger partial charge in [0.2, 0.25) is 0 Å². The van der Waals surface area contributed by atoms with Gasteiger partial charge in [0.25, 0.3) is 0 Å². The van der Waals surface area contributed by atoms with Crippen molar-refractivity contribution in [2.24, 2.45) is 0 Å². The molecule has 0 saturated heterocycles. The fourth-order valence-electron chi connectivity index (χ4n) is 3.01. The molecule has 4 rings (SSSR count). The van der Waals surface area contributed by atoms with E-state index in [9.17, 15) is 15.0 Å². The number of thiophene rings is 1. The summed E-state index contributed by atoms with van der Waals surface area (Å²) < 4.78 is 0.862. The Kier molecular flexibility index (Phi) is 4.64. The molecule has 0 radical (unpaired) electrons. The summed E-state index contributed by atoms with van der Waals surface area (Å²) in [4.78, 5) is 15.3. The zero-order chi connectivity index (χ0) is 19.0. The molecule has 0 atom stereocenters. The van der Waals surface area contributed by atoms with E-state index in [-0.39, 0.29) is 17.3 Å². The van der Waals surface area contributed by atoms with Gasteiger partial charge < -0.3 is 10.2 Å². The summed E-state index contributed by atoms with van der Waals surface area (Å²) in [7, 11) is 0. The van der Waals surface area contributed by atoms with Gasteiger partial charge >= 0.3 is 0 Å². The van der Waals surface area contributed by atoms with Crippen molar-refractivity contribution in [1.29, 1.82) is 0 Å². The Balaban J connectivity index is 1.93. The van der Waals surface area contributed by atoms with Crippen molar-refractivity contribution < 1.29 is 15.0 Å². The first-order chi connectivity index (χ1) is 13.1. The van der Waals surface area contributed by atoms with Gasteiger partial charge in [0.05, 0.1) is 0 Å². The highest BCUT2D eigenvalue weighted by atomic mass is 32.2. The predicted octanol–water partition coefficient (Wildman–Crippen LogP) is 5.93. The SMILES string of the molecule is CSc1ccc(-c2sc3cc(O)ccc3c2C(=O)c2ccc(O)cc2)cc1. The lowest BCUT2D eigenvalue weighted by molar-refractivity contribution is 0.104. The molecule has 1 aromatic heterocycles. The van der Waals surface area contributed by atoms with Crippen molar-refractivity contribution in [3.05, 3.63) is 77.9 Å². The first-order valence-corrected chi connectivity index (χ1v) is 10.3. The largest absolute Gasteiger partial charge is 0.508 e. The van der Waals surface area contributed by atoms with E-state index in [0.717, 1.165) is 25.4 Å². The molecule has 0 fully saturated rings.